The minimum absolute atomic E-state index is 0.0621. The zero-order valence-electron chi connectivity index (χ0n) is 16.6. The van der Waals surface area contributed by atoms with Gasteiger partial charge in [0.1, 0.15) is 12.6 Å². The SMILES string of the molecule is C[C@H](NC(=O)Cn1ncc2ccccc2c1=O)c1nc(-c2ccc(C(F)(F)F)cc2)no1. The monoisotopic (exact) mass is 443 g/mol. The molecule has 8 nitrogen and oxygen atoms in total. The molecule has 32 heavy (non-hydrogen) atoms. The molecule has 0 saturated heterocycles. The smallest absolute Gasteiger partial charge is 0.343 e. The van der Waals surface area contributed by atoms with Gasteiger partial charge in [0.15, 0.2) is 0 Å². The summed E-state index contributed by atoms with van der Waals surface area (Å²) >= 11 is 0. The summed E-state index contributed by atoms with van der Waals surface area (Å²) in [4.78, 5) is 29.0. The Labute approximate surface area is 178 Å². The molecule has 0 aliphatic heterocycles. The first-order chi connectivity index (χ1) is 15.2. The second-order valence-corrected chi connectivity index (χ2v) is 7.02. The molecular weight excluding hydrogens is 427 g/mol. The highest BCUT2D eigenvalue weighted by molar-refractivity contribution is 5.81. The number of nitrogens with one attached hydrogen (secondary N) is 1. The highest BCUT2D eigenvalue weighted by atomic mass is 19.4. The summed E-state index contributed by atoms with van der Waals surface area (Å²) in [5.74, 6) is -0.356. The molecule has 0 radical (unpaired) electrons. The number of hydrogen-bond acceptors (Lipinski definition) is 6. The molecule has 0 bridgehead atoms. The van der Waals surface area contributed by atoms with Gasteiger partial charge in [0.05, 0.1) is 17.1 Å². The number of hydrogen-bond donors (Lipinski definition) is 1. The third-order valence-electron chi connectivity index (χ3n) is 4.72. The number of benzene rings is 2. The maximum absolute atomic E-state index is 12.7. The first-order valence-corrected chi connectivity index (χ1v) is 9.48. The summed E-state index contributed by atoms with van der Waals surface area (Å²) in [6, 6.07) is 10.5. The molecule has 0 spiro atoms. The molecule has 0 fully saturated rings. The van der Waals surface area contributed by atoms with Crippen molar-refractivity contribution in [2.24, 2.45) is 0 Å². The van der Waals surface area contributed by atoms with E-state index in [4.69, 9.17) is 4.52 Å². The van der Waals surface area contributed by atoms with E-state index in [1.807, 2.05) is 0 Å². The van der Waals surface area contributed by atoms with Crippen molar-refractivity contribution < 1.29 is 22.5 Å². The average Bonchev–Trinajstić information content (AvgIpc) is 3.26. The Morgan fingerprint density at radius 1 is 1.16 bits per heavy atom. The molecule has 0 aliphatic carbocycles. The fourth-order valence-electron chi connectivity index (χ4n) is 3.06. The Bertz CT molecular complexity index is 1330. The Morgan fingerprint density at radius 2 is 1.88 bits per heavy atom. The molecule has 0 aliphatic rings. The maximum atomic E-state index is 12.7. The first kappa shape index (κ1) is 21.2. The van der Waals surface area contributed by atoms with Crippen molar-refractivity contribution >= 4 is 16.7 Å². The highest BCUT2D eigenvalue weighted by Crippen LogP contribution is 2.30. The largest absolute Gasteiger partial charge is 0.416 e. The van der Waals surface area contributed by atoms with Crippen LogP contribution in [0.2, 0.25) is 0 Å². The molecule has 2 aromatic heterocycles. The third kappa shape index (κ3) is 4.36. The summed E-state index contributed by atoms with van der Waals surface area (Å²) < 4.78 is 44.3. The van der Waals surface area contributed by atoms with E-state index in [2.05, 4.69) is 20.6 Å². The second-order valence-electron chi connectivity index (χ2n) is 7.02. The van der Waals surface area contributed by atoms with E-state index in [0.29, 0.717) is 16.3 Å². The fourth-order valence-corrected chi connectivity index (χ4v) is 3.06. The van der Waals surface area contributed by atoms with Gasteiger partial charge in [-0.05, 0) is 25.1 Å². The van der Waals surface area contributed by atoms with Gasteiger partial charge in [0.2, 0.25) is 17.6 Å². The van der Waals surface area contributed by atoms with E-state index in [-0.39, 0.29) is 18.3 Å². The lowest BCUT2D eigenvalue weighted by molar-refractivity contribution is -0.137. The normalized spacial score (nSPS) is 12.6. The van der Waals surface area contributed by atoms with Crippen molar-refractivity contribution in [2.75, 3.05) is 0 Å². The van der Waals surface area contributed by atoms with Crippen LogP contribution in [0.25, 0.3) is 22.2 Å². The number of alkyl halides is 3. The number of rotatable bonds is 5. The number of amides is 1. The van der Waals surface area contributed by atoms with Crippen LogP contribution >= 0.6 is 0 Å². The molecule has 4 aromatic rings. The molecule has 0 unspecified atom stereocenters. The molecule has 1 atom stereocenters. The Balaban J connectivity index is 1.44. The van der Waals surface area contributed by atoms with Crippen LogP contribution in [0.15, 0.2) is 64.0 Å². The molecule has 2 heterocycles. The van der Waals surface area contributed by atoms with Crippen molar-refractivity contribution in [1.82, 2.24) is 25.2 Å². The number of aromatic nitrogens is 4. The lowest BCUT2D eigenvalue weighted by atomic mass is 10.1. The summed E-state index contributed by atoms with van der Waals surface area (Å²) in [7, 11) is 0. The van der Waals surface area contributed by atoms with Crippen LogP contribution < -0.4 is 10.9 Å². The van der Waals surface area contributed by atoms with E-state index >= 15 is 0 Å². The number of fused-ring (bicyclic) bond motifs is 1. The molecule has 1 amide bonds. The Morgan fingerprint density at radius 3 is 2.59 bits per heavy atom. The van der Waals surface area contributed by atoms with Crippen molar-refractivity contribution in [2.45, 2.75) is 25.7 Å². The number of carbonyl (C=O) groups is 1. The summed E-state index contributed by atoms with van der Waals surface area (Å²) in [5, 5.41) is 11.5. The van der Waals surface area contributed by atoms with Gasteiger partial charge in [-0.2, -0.15) is 23.3 Å². The van der Waals surface area contributed by atoms with Gasteiger partial charge in [-0.15, -0.1) is 0 Å². The third-order valence-corrected chi connectivity index (χ3v) is 4.72. The number of halogens is 3. The molecule has 11 heteroatoms. The van der Waals surface area contributed by atoms with Gasteiger partial charge in [0, 0.05) is 10.9 Å². The molecule has 1 N–H and O–H groups in total. The lowest BCUT2D eigenvalue weighted by Gasteiger charge is -2.10. The minimum Gasteiger partial charge on any atom is -0.343 e. The maximum Gasteiger partial charge on any atom is 0.416 e. The molecule has 164 valence electrons. The van der Waals surface area contributed by atoms with Crippen molar-refractivity contribution in [3.63, 3.8) is 0 Å². The van der Waals surface area contributed by atoms with Gasteiger partial charge < -0.3 is 9.84 Å². The number of nitrogens with zero attached hydrogens (tertiary/aromatic N) is 4. The highest BCUT2D eigenvalue weighted by Gasteiger charge is 2.30. The van der Waals surface area contributed by atoms with Crippen molar-refractivity contribution in [1.29, 1.82) is 0 Å². The summed E-state index contributed by atoms with van der Waals surface area (Å²) in [5.41, 5.74) is -0.852. The topological polar surface area (TPSA) is 103 Å². The molecular formula is C21H16F3N5O3. The second kappa shape index (κ2) is 8.25. The summed E-state index contributed by atoms with van der Waals surface area (Å²) in [6.45, 7) is 1.28. The van der Waals surface area contributed by atoms with E-state index in [0.717, 1.165) is 16.8 Å². The van der Waals surface area contributed by atoms with E-state index in [1.54, 1.807) is 31.2 Å². The van der Waals surface area contributed by atoms with Crippen LogP contribution in [-0.4, -0.2) is 25.8 Å². The van der Waals surface area contributed by atoms with Crippen LogP contribution in [0.1, 0.15) is 24.4 Å². The molecule has 4 rings (SSSR count). The van der Waals surface area contributed by atoms with Crippen molar-refractivity contribution in [3.05, 3.63) is 76.5 Å². The standard InChI is InChI=1S/C21H16F3N5O3/c1-12(19-27-18(28-32-19)13-6-8-15(9-7-13)21(22,23)24)26-17(30)11-29-20(31)16-5-3-2-4-14(16)10-25-29/h2-10,12H,11H2,1H3,(H,26,30)/t12-/m0/s1. The van der Waals surface area contributed by atoms with Crippen LogP contribution in [0.4, 0.5) is 13.2 Å². The quantitative estimate of drug-likeness (QED) is 0.508. The predicted molar refractivity (Wildman–Crippen MR) is 107 cm³/mol. The van der Waals surface area contributed by atoms with Gasteiger partial charge in [0.25, 0.3) is 5.56 Å². The van der Waals surface area contributed by atoms with E-state index in [1.165, 1.54) is 18.3 Å². The predicted octanol–water partition coefficient (Wildman–Crippen LogP) is 3.34. The Kier molecular flexibility index (Phi) is 5.47. The Hall–Kier alpha value is -4.02. The average molecular weight is 443 g/mol. The van der Waals surface area contributed by atoms with Gasteiger partial charge in [-0.25, -0.2) is 4.68 Å². The first-order valence-electron chi connectivity index (χ1n) is 9.48. The van der Waals surface area contributed by atoms with Crippen LogP contribution in [0, 0.1) is 0 Å². The van der Waals surface area contributed by atoms with Gasteiger partial charge >= 0.3 is 6.18 Å². The van der Waals surface area contributed by atoms with Crippen molar-refractivity contribution in [3.8, 4) is 11.4 Å². The zero-order chi connectivity index (χ0) is 22.9. The minimum atomic E-state index is -4.44. The van der Waals surface area contributed by atoms with E-state index < -0.39 is 29.2 Å². The fraction of sp³-hybridized carbons (Fsp3) is 0.190. The van der Waals surface area contributed by atoms with Crippen LogP contribution in [-0.2, 0) is 17.5 Å². The van der Waals surface area contributed by atoms with Gasteiger partial charge in [-0.3, -0.25) is 9.59 Å². The van der Waals surface area contributed by atoms with Crippen LogP contribution in [0.5, 0.6) is 0 Å². The summed E-state index contributed by atoms with van der Waals surface area (Å²) in [6.07, 6.45) is -2.94. The molecule has 2 aromatic carbocycles. The van der Waals surface area contributed by atoms with E-state index in [9.17, 15) is 22.8 Å². The zero-order valence-corrected chi connectivity index (χ0v) is 16.6. The lowest BCUT2D eigenvalue weighted by Crippen LogP contribution is -2.35. The molecule has 0 saturated carbocycles. The van der Waals surface area contributed by atoms with Gasteiger partial charge in [-0.1, -0.05) is 35.5 Å². The van der Waals surface area contributed by atoms with Crippen LogP contribution in [0.3, 0.4) is 0 Å². The number of carbonyl (C=O) groups excluding carboxylic acids is 1.